The quantitative estimate of drug-likeness (QED) is 0.733. The van der Waals surface area contributed by atoms with Crippen LogP contribution in [0.2, 0.25) is 5.15 Å². The van der Waals surface area contributed by atoms with Crippen molar-refractivity contribution in [1.82, 2.24) is 9.97 Å². The summed E-state index contributed by atoms with van der Waals surface area (Å²) in [7, 11) is -3.72. The molecule has 0 spiro atoms. The highest BCUT2D eigenvalue weighted by Crippen LogP contribution is 2.28. The summed E-state index contributed by atoms with van der Waals surface area (Å²) in [4.78, 5) is 8.24. The summed E-state index contributed by atoms with van der Waals surface area (Å²) in [5.41, 5.74) is 1.75. The van der Waals surface area contributed by atoms with E-state index in [2.05, 4.69) is 14.7 Å². The molecule has 0 saturated heterocycles. The molecular formula is C16H12ClN3O2S. The number of rotatable bonds is 4. The van der Waals surface area contributed by atoms with E-state index in [1.54, 1.807) is 48.9 Å². The number of benzene rings is 1. The van der Waals surface area contributed by atoms with E-state index < -0.39 is 10.0 Å². The predicted octanol–water partition coefficient (Wildman–Crippen LogP) is 3.60. The highest BCUT2D eigenvalue weighted by Gasteiger charge is 2.16. The number of anilines is 1. The van der Waals surface area contributed by atoms with Crippen LogP contribution >= 0.6 is 11.6 Å². The van der Waals surface area contributed by atoms with Crippen LogP contribution in [-0.2, 0) is 10.0 Å². The molecule has 0 saturated carbocycles. The summed E-state index contributed by atoms with van der Waals surface area (Å²) in [5, 5.41) is 0.0807. The van der Waals surface area contributed by atoms with Crippen molar-refractivity contribution in [2.45, 2.75) is 4.90 Å². The molecule has 116 valence electrons. The van der Waals surface area contributed by atoms with E-state index in [0.29, 0.717) is 5.56 Å². The van der Waals surface area contributed by atoms with Crippen molar-refractivity contribution in [3.63, 3.8) is 0 Å². The maximum atomic E-state index is 12.4. The van der Waals surface area contributed by atoms with E-state index in [9.17, 15) is 8.42 Å². The molecule has 1 N–H and O–H groups in total. The number of halogens is 1. The van der Waals surface area contributed by atoms with Gasteiger partial charge in [0.2, 0.25) is 0 Å². The zero-order valence-electron chi connectivity index (χ0n) is 11.8. The van der Waals surface area contributed by atoms with Crippen molar-refractivity contribution in [2.24, 2.45) is 0 Å². The van der Waals surface area contributed by atoms with Crippen LogP contribution in [0.15, 0.2) is 72.0 Å². The van der Waals surface area contributed by atoms with Gasteiger partial charge >= 0.3 is 0 Å². The van der Waals surface area contributed by atoms with Crippen LogP contribution < -0.4 is 4.72 Å². The van der Waals surface area contributed by atoms with Crippen molar-refractivity contribution in [2.75, 3.05) is 4.72 Å². The minimum atomic E-state index is -3.72. The second-order valence-electron chi connectivity index (χ2n) is 4.72. The Morgan fingerprint density at radius 2 is 1.74 bits per heavy atom. The van der Waals surface area contributed by atoms with Gasteiger partial charge in [-0.05, 0) is 24.3 Å². The van der Waals surface area contributed by atoms with Gasteiger partial charge in [-0.1, -0.05) is 35.9 Å². The van der Waals surface area contributed by atoms with Crippen LogP contribution in [0.3, 0.4) is 0 Å². The average Bonchev–Trinajstić information content (AvgIpc) is 2.58. The number of pyridine rings is 2. The lowest BCUT2D eigenvalue weighted by Crippen LogP contribution is -2.13. The Labute approximate surface area is 139 Å². The van der Waals surface area contributed by atoms with E-state index in [4.69, 9.17) is 11.6 Å². The number of aromatic nitrogens is 2. The summed E-state index contributed by atoms with van der Waals surface area (Å²) < 4.78 is 27.3. The van der Waals surface area contributed by atoms with Crippen LogP contribution in [0, 0.1) is 0 Å². The maximum absolute atomic E-state index is 12.4. The molecule has 23 heavy (non-hydrogen) atoms. The van der Waals surface area contributed by atoms with Crippen molar-refractivity contribution >= 4 is 27.3 Å². The summed E-state index contributed by atoms with van der Waals surface area (Å²) >= 11 is 6.02. The Morgan fingerprint density at radius 1 is 0.957 bits per heavy atom. The van der Waals surface area contributed by atoms with Gasteiger partial charge < -0.3 is 0 Å². The van der Waals surface area contributed by atoms with Crippen LogP contribution in [-0.4, -0.2) is 18.4 Å². The fraction of sp³-hybridized carbons (Fsp3) is 0. The topological polar surface area (TPSA) is 72.0 Å². The Balaban J connectivity index is 1.97. The number of hydrogen-bond donors (Lipinski definition) is 1. The summed E-state index contributed by atoms with van der Waals surface area (Å²) in [6, 6.07) is 13.3. The maximum Gasteiger partial charge on any atom is 0.261 e. The SMILES string of the molecule is O=S(=O)(Nc1cc(-c2cccnc2)cnc1Cl)c1ccccc1. The molecule has 3 rings (SSSR count). The second-order valence-corrected chi connectivity index (χ2v) is 6.76. The van der Waals surface area contributed by atoms with Gasteiger partial charge in [0.25, 0.3) is 10.0 Å². The normalized spacial score (nSPS) is 11.2. The number of nitrogens with zero attached hydrogens (tertiary/aromatic N) is 2. The summed E-state index contributed by atoms with van der Waals surface area (Å²) in [6.07, 6.45) is 4.89. The second kappa shape index (κ2) is 6.36. The molecule has 0 aliphatic heterocycles. The molecule has 0 radical (unpaired) electrons. The Bertz CT molecular complexity index is 917. The van der Waals surface area contributed by atoms with Crippen molar-refractivity contribution in [3.05, 3.63) is 72.3 Å². The molecule has 0 aliphatic carbocycles. The van der Waals surface area contributed by atoms with Gasteiger partial charge in [-0.15, -0.1) is 0 Å². The Morgan fingerprint density at radius 3 is 2.43 bits per heavy atom. The molecule has 0 fully saturated rings. The molecule has 5 nitrogen and oxygen atoms in total. The molecule has 0 unspecified atom stereocenters. The molecule has 0 bridgehead atoms. The van der Waals surface area contributed by atoms with E-state index in [-0.39, 0.29) is 15.7 Å². The first-order valence-corrected chi connectivity index (χ1v) is 8.56. The zero-order chi connectivity index (χ0) is 16.3. The predicted molar refractivity (Wildman–Crippen MR) is 89.7 cm³/mol. The lowest BCUT2D eigenvalue weighted by atomic mass is 10.1. The number of hydrogen-bond acceptors (Lipinski definition) is 4. The van der Waals surface area contributed by atoms with Gasteiger partial charge in [0.1, 0.15) is 0 Å². The number of sulfonamides is 1. The molecule has 2 aromatic heterocycles. The molecule has 0 aliphatic rings. The largest absolute Gasteiger partial charge is 0.276 e. The number of nitrogens with one attached hydrogen (secondary N) is 1. The van der Waals surface area contributed by atoms with Crippen LogP contribution in [0.25, 0.3) is 11.1 Å². The third-order valence-electron chi connectivity index (χ3n) is 3.13. The van der Waals surface area contributed by atoms with Gasteiger partial charge in [0.15, 0.2) is 5.15 Å². The zero-order valence-corrected chi connectivity index (χ0v) is 13.4. The van der Waals surface area contributed by atoms with Crippen molar-refractivity contribution in [3.8, 4) is 11.1 Å². The monoisotopic (exact) mass is 345 g/mol. The minimum absolute atomic E-state index is 0.0807. The lowest BCUT2D eigenvalue weighted by Gasteiger charge is -2.10. The molecule has 2 heterocycles. The summed E-state index contributed by atoms with van der Waals surface area (Å²) in [6.45, 7) is 0. The van der Waals surface area contributed by atoms with Crippen molar-refractivity contribution in [1.29, 1.82) is 0 Å². The molecule has 3 aromatic rings. The van der Waals surface area contributed by atoms with Gasteiger partial charge in [-0.2, -0.15) is 0 Å². The smallest absolute Gasteiger partial charge is 0.261 e. The average molecular weight is 346 g/mol. The lowest BCUT2D eigenvalue weighted by molar-refractivity contribution is 0.601. The Kier molecular flexibility index (Phi) is 4.27. The van der Waals surface area contributed by atoms with E-state index in [1.807, 2.05) is 6.07 Å². The van der Waals surface area contributed by atoms with Gasteiger partial charge in [-0.25, -0.2) is 13.4 Å². The molecule has 7 heteroatoms. The third kappa shape index (κ3) is 3.49. The minimum Gasteiger partial charge on any atom is -0.276 e. The first-order chi connectivity index (χ1) is 11.1. The van der Waals surface area contributed by atoms with Crippen LogP contribution in [0.1, 0.15) is 0 Å². The fourth-order valence-corrected chi connectivity index (χ4v) is 3.30. The highest BCUT2D eigenvalue weighted by atomic mass is 35.5. The fourth-order valence-electron chi connectivity index (χ4n) is 2.01. The third-order valence-corrected chi connectivity index (χ3v) is 4.81. The van der Waals surface area contributed by atoms with E-state index in [0.717, 1.165) is 5.56 Å². The standard InChI is InChI=1S/C16H12ClN3O2S/c17-16-15(20-23(21,22)14-6-2-1-3-7-14)9-13(11-19-16)12-5-4-8-18-10-12/h1-11,20H. The van der Waals surface area contributed by atoms with E-state index >= 15 is 0 Å². The molecule has 0 amide bonds. The molecule has 1 aromatic carbocycles. The summed E-state index contributed by atoms with van der Waals surface area (Å²) in [5.74, 6) is 0. The van der Waals surface area contributed by atoms with Gasteiger partial charge in [-0.3, -0.25) is 9.71 Å². The van der Waals surface area contributed by atoms with Gasteiger partial charge in [0, 0.05) is 29.7 Å². The molecular weight excluding hydrogens is 334 g/mol. The van der Waals surface area contributed by atoms with Crippen LogP contribution in [0.5, 0.6) is 0 Å². The van der Waals surface area contributed by atoms with E-state index in [1.165, 1.54) is 12.1 Å². The van der Waals surface area contributed by atoms with Crippen molar-refractivity contribution < 1.29 is 8.42 Å². The first-order valence-electron chi connectivity index (χ1n) is 6.70. The van der Waals surface area contributed by atoms with Crippen LogP contribution in [0.4, 0.5) is 5.69 Å². The highest BCUT2D eigenvalue weighted by molar-refractivity contribution is 7.92. The first kappa shape index (κ1) is 15.5. The van der Waals surface area contributed by atoms with Gasteiger partial charge in [0.05, 0.1) is 10.6 Å². The molecule has 0 atom stereocenters. The Hall–Kier alpha value is -2.44.